The van der Waals surface area contributed by atoms with Gasteiger partial charge in [0, 0.05) is 6.54 Å². The van der Waals surface area contributed by atoms with Crippen molar-refractivity contribution < 1.29 is 14.3 Å². The maximum absolute atomic E-state index is 12.3. The lowest BCUT2D eigenvalue weighted by atomic mass is 10.2. The van der Waals surface area contributed by atoms with Crippen molar-refractivity contribution in [1.29, 1.82) is 0 Å². The van der Waals surface area contributed by atoms with E-state index in [0.717, 1.165) is 22.2 Å². The molecule has 0 atom stereocenters. The van der Waals surface area contributed by atoms with Crippen LogP contribution in [0.1, 0.15) is 11.1 Å². The van der Waals surface area contributed by atoms with E-state index in [1.807, 2.05) is 30.3 Å². The molecule has 2 aromatic rings. The fraction of sp³-hybridized carbons (Fsp3) is 0.100. The number of ether oxygens (including phenoxy) is 1. The maximum Gasteiger partial charge on any atom is 0.293 e. The highest BCUT2D eigenvalue weighted by Crippen LogP contribution is 2.37. The van der Waals surface area contributed by atoms with Crippen molar-refractivity contribution in [3.8, 4) is 5.75 Å². The molecule has 7 heteroatoms. The molecule has 4 nitrogen and oxygen atoms in total. The minimum atomic E-state index is -0.332. The number of halogens is 2. The Labute approximate surface area is 175 Å². The van der Waals surface area contributed by atoms with Gasteiger partial charge in [-0.25, -0.2) is 0 Å². The van der Waals surface area contributed by atoms with E-state index >= 15 is 0 Å². The van der Waals surface area contributed by atoms with Gasteiger partial charge in [0.05, 0.1) is 14.4 Å². The van der Waals surface area contributed by atoms with Gasteiger partial charge in [-0.2, -0.15) is 0 Å². The normalized spacial score (nSPS) is 15.5. The summed E-state index contributed by atoms with van der Waals surface area (Å²) in [6.45, 7) is 4.14. The first-order valence-corrected chi connectivity index (χ1v) is 10.0. The van der Waals surface area contributed by atoms with Gasteiger partial charge in [0.25, 0.3) is 11.1 Å². The lowest BCUT2D eigenvalue weighted by Crippen LogP contribution is -2.27. The quantitative estimate of drug-likeness (QED) is 0.394. The molecule has 0 unspecified atom stereocenters. The van der Waals surface area contributed by atoms with E-state index in [0.29, 0.717) is 32.3 Å². The Balaban J connectivity index is 1.79. The first kappa shape index (κ1) is 19.7. The molecule has 0 aromatic heterocycles. The molecular weight excluding hydrogens is 450 g/mol. The molecule has 0 bridgehead atoms. The van der Waals surface area contributed by atoms with E-state index in [-0.39, 0.29) is 17.7 Å². The lowest BCUT2D eigenvalue weighted by Gasteiger charge is -2.11. The van der Waals surface area contributed by atoms with Gasteiger partial charge in [-0.05, 0) is 57.0 Å². The third-order valence-electron chi connectivity index (χ3n) is 3.73. The van der Waals surface area contributed by atoms with Crippen LogP contribution in [0.5, 0.6) is 5.75 Å². The van der Waals surface area contributed by atoms with Gasteiger partial charge in [-0.15, -0.1) is 6.58 Å². The van der Waals surface area contributed by atoms with Gasteiger partial charge in [0.1, 0.15) is 6.61 Å². The number of nitrogens with zero attached hydrogens (tertiary/aromatic N) is 1. The summed E-state index contributed by atoms with van der Waals surface area (Å²) in [5.41, 5.74) is 1.73. The molecule has 1 fully saturated rings. The summed E-state index contributed by atoms with van der Waals surface area (Å²) >= 11 is 10.7. The minimum absolute atomic E-state index is 0.193. The first-order chi connectivity index (χ1) is 13.0. The van der Waals surface area contributed by atoms with E-state index in [9.17, 15) is 9.59 Å². The van der Waals surface area contributed by atoms with Crippen LogP contribution in [-0.4, -0.2) is 22.6 Å². The second kappa shape index (κ2) is 8.78. The zero-order valence-electron chi connectivity index (χ0n) is 14.2. The van der Waals surface area contributed by atoms with Crippen LogP contribution in [0.3, 0.4) is 0 Å². The zero-order valence-corrected chi connectivity index (χ0v) is 17.3. The molecule has 0 aliphatic carbocycles. The summed E-state index contributed by atoms with van der Waals surface area (Å²) in [6, 6.07) is 13.3. The third-order valence-corrected chi connectivity index (χ3v) is 5.51. The highest BCUT2D eigenvalue weighted by atomic mass is 79.9. The van der Waals surface area contributed by atoms with Crippen molar-refractivity contribution in [3.05, 3.63) is 80.6 Å². The first-order valence-electron chi connectivity index (χ1n) is 8.01. The molecule has 27 heavy (non-hydrogen) atoms. The van der Waals surface area contributed by atoms with E-state index in [1.54, 1.807) is 18.2 Å². The van der Waals surface area contributed by atoms with Crippen LogP contribution in [0.25, 0.3) is 6.08 Å². The highest BCUT2D eigenvalue weighted by Gasteiger charge is 2.34. The van der Waals surface area contributed by atoms with Gasteiger partial charge in [-0.1, -0.05) is 48.0 Å². The predicted molar refractivity (Wildman–Crippen MR) is 113 cm³/mol. The third kappa shape index (κ3) is 4.64. The molecule has 0 spiro atoms. The van der Waals surface area contributed by atoms with Crippen LogP contribution < -0.4 is 4.74 Å². The Kier molecular flexibility index (Phi) is 6.42. The number of benzene rings is 2. The Bertz CT molecular complexity index is 907. The summed E-state index contributed by atoms with van der Waals surface area (Å²) in [6.07, 6.45) is 3.16. The van der Waals surface area contributed by atoms with Crippen molar-refractivity contribution >= 4 is 56.5 Å². The fourth-order valence-corrected chi connectivity index (χ4v) is 4.31. The molecule has 1 aliphatic heterocycles. The van der Waals surface area contributed by atoms with Gasteiger partial charge < -0.3 is 4.74 Å². The number of amides is 2. The van der Waals surface area contributed by atoms with E-state index in [1.165, 1.54) is 6.08 Å². The Hall–Kier alpha value is -2.02. The molecule has 1 heterocycles. The second-order valence-corrected chi connectivity index (χ2v) is 7.92. The van der Waals surface area contributed by atoms with Crippen LogP contribution in [0.4, 0.5) is 4.79 Å². The molecular formula is C20H15BrClNO3S. The number of thioether (sulfide) groups is 1. The van der Waals surface area contributed by atoms with Crippen molar-refractivity contribution in [2.75, 3.05) is 6.54 Å². The van der Waals surface area contributed by atoms with Gasteiger partial charge >= 0.3 is 0 Å². The van der Waals surface area contributed by atoms with E-state index < -0.39 is 0 Å². The minimum Gasteiger partial charge on any atom is -0.486 e. The Morgan fingerprint density at radius 1 is 1.22 bits per heavy atom. The van der Waals surface area contributed by atoms with Crippen LogP contribution >= 0.6 is 39.3 Å². The molecule has 1 saturated heterocycles. The number of carbonyl (C=O) groups is 2. The summed E-state index contributed by atoms with van der Waals surface area (Å²) < 4.78 is 6.49. The summed E-state index contributed by atoms with van der Waals surface area (Å²) in [7, 11) is 0. The smallest absolute Gasteiger partial charge is 0.293 e. The van der Waals surface area contributed by atoms with Crippen LogP contribution in [0.2, 0.25) is 5.02 Å². The van der Waals surface area contributed by atoms with Gasteiger partial charge in [0.2, 0.25) is 0 Å². The van der Waals surface area contributed by atoms with Crippen molar-refractivity contribution in [1.82, 2.24) is 4.90 Å². The largest absolute Gasteiger partial charge is 0.486 e. The summed E-state index contributed by atoms with van der Waals surface area (Å²) in [5, 5.41) is 0.107. The molecule has 0 radical (unpaired) electrons. The molecule has 3 rings (SSSR count). The fourth-order valence-electron chi connectivity index (χ4n) is 2.47. The van der Waals surface area contributed by atoms with Crippen molar-refractivity contribution in [2.24, 2.45) is 0 Å². The van der Waals surface area contributed by atoms with Gasteiger partial charge in [-0.3, -0.25) is 14.5 Å². The number of hydrogen-bond acceptors (Lipinski definition) is 4. The summed E-state index contributed by atoms with van der Waals surface area (Å²) in [5.74, 6) is 0.194. The monoisotopic (exact) mass is 463 g/mol. The number of carbonyl (C=O) groups excluding carboxylic acids is 2. The lowest BCUT2D eigenvalue weighted by molar-refractivity contribution is -0.122. The average Bonchev–Trinajstić information content (AvgIpc) is 2.90. The van der Waals surface area contributed by atoms with Crippen LogP contribution in [0.15, 0.2) is 64.5 Å². The molecule has 0 saturated carbocycles. The zero-order chi connectivity index (χ0) is 19.4. The standard InChI is InChI=1S/C20H15BrClNO3S/c1-2-8-23-19(24)17(27-20(23)25)11-14-9-15(21)18(16(22)10-14)26-12-13-6-4-3-5-7-13/h2-7,9-11H,1,8,12H2/b17-11+. The van der Waals surface area contributed by atoms with Crippen LogP contribution in [0, 0.1) is 0 Å². The summed E-state index contributed by atoms with van der Waals surface area (Å²) in [4.78, 5) is 25.7. The Morgan fingerprint density at radius 2 is 1.96 bits per heavy atom. The van der Waals surface area contributed by atoms with Crippen molar-refractivity contribution in [3.63, 3.8) is 0 Å². The molecule has 2 amide bonds. The SMILES string of the molecule is C=CCN1C(=O)S/C(=C/c2cc(Cl)c(OCc3ccccc3)c(Br)c2)C1=O. The molecule has 1 aliphatic rings. The molecule has 138 valence electrons. The Morgan fingerprint density at radius 3 is 2.63 bits per heavy atom. The molecule has 2 aromatic carbocycles. The second-order valence-electron chi connectivity index (χ2n) is 5.67. The highest BCUT2D eigenvalue weighted by molar-refractivity contribution is 9.10. The maximum atomic E-state index is 12.3. The predicted octanol–water partition coefficient (Wildman–Crippen LogP) is 5.90. The topological polar surface area (TPSA) is 46.6 Å². The number of hydrogen-bond donors (Lipinski definition) is 0. The number of imide groups is 1. The van der Waals surface area contributed by atoms with Crippen molar-refractivity contribution in [2.45, 2.75) is 6.61 Å². The number of rotatable bonds is 6. The van der Waals surface area contributed by atoms with E-state index in [4.69, 9.17) is 16.3 Å². The molecule has 0 N–H and O–H groups in total. The van der Waals surface area contributed by atoms with Gasteiger partial charge in [0.15, 0.2) is 5.75 Å². The van der Waals surface area contributed by atoms with E-state index in [2.05, 4.69) is 22.5 Å². The average molecular weight is 465 g/mol. The van der Waals surface area contributed by atoms with Crippen LogP contribution in [-0.2, 0) is 11.4 Å².